The average Bonchev–Trinajstić information content (AvgIpc) is 1.85. The molecule has 0 radical (unpaired) electrons. The second-order valence-electron chi connectivity index (χ2n) is 2.92. The number of rotatable bonds is 0. The Labute approximate surface area is 71.3 Å². The first kappa shape index (κ1) is 8.81. The molecule has 0 N–H and O–H groups in total. The molecule has 2 atom stereocenters. The summed E-state index contributed by atoms with van der Waals surface area (Å²) in [5.74, 6) is 0. The summed E-state index contributed by atoms with van der Waals surface area (Å²) in [6, 6.07) is 0. The Morgan fingerprint density at radius 2 is 1.91 bits per heavy atom. The van der Waals surface area contributed by atoms with E-state index in [-0.39, 0.29) is 17.6 Å². The molecule has 1 amide bonds. The standard InChI is InChI=1S/C7H12ClNO2/c1-5-3-9(7(8)10)4-6(2)11-5/h5-6H,3-4H2,1-2H3/t5-,6+. The van der Waals surface area contributed by atoms with Gasteiger partial charge in [0.1, 0.15) is 0 Å². The van der Waals surface area contributed by atoms with Crippen molar-refractivity contribution < 1.29 is 9.53 Å². The van der Waals surface area contributed by atoms with Crippen LogP contribution >= 0.6 is 11.6 Å². The minimum Gasteiger partial charge on any atom is -0.372 e. The number of hydrogen-bond acceptors (Lipinski definition) is 2. The summed E-state index contributed by atoms with van der Waals surface area (Å²) >= 11 is 5.32. The van der Waals surface area contributed by atoms with Gasteiger partial charge in [-0.3, -0.25) is 4.79 Å². The van der Waals surface area contributed by atoms with E-state index in [2.05, 4.69) is 0 Å². The van der Waals surface area contributed by atoms with Gasteiger partial charge in [-0.05, 0) is 25.4 Å². The summed E-state index contributed by atoms with van der Waals surface area (Å²) in [6.45, 7) is 5.07. The van der Waals surface area contributed by atoms with Crippen molar-refractivity contribution in [1.29, 1.82) is 0 Å². The smallest absolute Gasteiger partial charge is 0.316 e. The zero-order valence-electron chi connectivity index (χ0n) is 6.71. The predicted molar refractivity (Wildman–Crippen MR) is 42.8 cm³/mol. The van der Waals surface area contributed by atoms with Gasteiger partial charge in [0.25, 0.3) is 0 Å². The van der Waals surface area contributed by atoms with Crippen LogP contribution in [-0.2, 0) is 4.74 Å². The molecule has 1 rings (SSSR count). The lowest BCUT2D eigenvalue weighted by atomic mass is 10.2. The van der Waals surface area contributed by atoms with Gasteiger partial charge in [-0.2, -0.15) is 0 Å². The van der Waals surface area contributed by atoms with E-state index in [1.54, 1.807) is 4.90 Å². The summed E-state index contributed by atoms with van der Waals surface area (Å²) in [4.78, 5) is 12.3. The van der Waals surface area contributed by atoms with Gasteiger partial charge >= 0.3 is 5.37 Å². The molecule has 1 heterocycles. The monoisotopic (exact) mass is 177 g/mol. The first-order chi connectivity index (χ1) is 5.09. The molecule has 11 heavy (non-hydrogen) atoms. The van der Waals surface area contributed by atoms with Gasteiger partial charge in [0.05, 0.1) is 12.2 Å². The third kappa shape index (κ3) is 2.34. The molecule has 0 aromatic carbocycles. The van der Waals surface area contributed by atoms with E-state index in [0.29, 0.717) is 13.1 Å². The Morgan fingerprint density at radius 3 is 2.27 bits per heavy atom. The van der Waals surface area contributed by atoms with E-state index >= 15 is 0 Å². The Bertz CT molecular complexity index is 153. The van der Waals surface area contributed by atoms with Crippen molar-refractivity contribution in [2.24, 2.45) is 0 Å². The van der Waals surface area contributed by atoms with Crippen molar-refractivity contribution in [1.82, 2.24) is 4.90 Å². The number of carbonyl (C=O) groups is 1. The number of hydrogen-bond donors (Lipinski definition) is 0. The molecule has 0 bridgehead atoms. The van der Waals surface area contributed by atoms with Crippen LogP contribution in [0, 0.1) is 0 Å². The van der Waals surface area contributed by atoms with Crippen molar-refractivity contribution >= 4 is 17.0 Å². The highest BCUT2D eigenvalue weighted by atomic mass is 35.5. The van der Waals surface area contributed by atoms with Crippen LogP contribution in [0.4, 0.5) is 4.79 Å². The molecular formula is C7H12ClNO2. The number of nitrogens with zero attached hydrogens (tertiary/aromatic N) is 1. The first-order valence-electron chi connectivity index (χ1n) is 3.69. The van der Waals surface area contributed by atoms with Gasteiger partial charge < -0.3 is 9.64 Å². The third-order valence-corrected chi connectivity index (χ3v) is 1.91. The Balaban J connectivity index is 2.49. The fourth-order valence-corrected chi connectivity index (χ4v) is 1.46. The number of ether oxygens (including phenoxy) is 1. The van der Waals surface area contributed by atoms with Crippen LogP contribution in [0.25, 0.3) is 0 Å². The van der Waals surface area contributed by atoms with Crippen molar-refractivity contribution in [3.05, 3.63) is 0 Å². The Hall–Kier alpha value is -0.280. The number of amides is 1. The van der Waals surface area contributed by atoms with E-state index in [0.717, 1.165) is 0 Å². The zero-order chi connectivity index (χ0) is 8.43. The van der Waals surface area contributed by atoms with Gasteiger partial charge in [0.15, 0.2) is 0 Å². The van der Waals surface area contributed by atoms with Gasteiger partial charge in [0.2, 0.25) is 0 Å². The van der Waals surface area contributed by atoms with E-state index in [4.69, 9.17) is 16.3 Å². The largest absolute Gasteiger partial charge is 0.372 e. The topological polar surface area (TPSA) is 29.5 Å². The molecule has 0 spiro atoms. The lowest BCUT2D eigenvalue weighted by Gasteiger charge is -2.33. The van der Waals surface area contributed by atoms with Crippen LogP contribution in [-0.4, -0.2) is 35.6 Å². The summed E-state index contributed by atoms with van der Waals surface area (Å²) in [6.07, 6.45) is 0.197. The maximum atomic E-state index is 10.7. The maximum absolute atomic E-state index is 10.7. The number of halogens is 1. The van der Waals surface area contributed by atoms with Crippen LogP contribution in [0.5, 0.6) is 0 Å². The van der Waals surface area contributed by atoms with E-state index in [9.17, 15) is 4.79 Å². The molecule has 1 aliphatic heterocycles. The molecule has 1 aliphatic rings. The van der Waals surface area contributed by atoms with Crippen molar-refractivity contribution in [2.75, 3.05) is 13.1 Å². The summed E-state index contributed by atoms with van der Waals surface area (Å²) in [5.41, 5.74) is 0. The van der Waals surface area contributed by atoms with E-state index in [1.807, 2.05) is 13.8 Å². The fourth-order valence-electron chi connectivity index (χ4n) is 1.32. The minimum absolute atomic E-state index is 0.0986. The summed E-state index contributed by atoms with van der Waals surface area (Å²) in [7, 11) is 0. The third-order valence-electron chi connectivity index (χ3n) is 1.67. The van der Waals surface area contributed by atoms with Crippen molar-refractivity contribution in [3.63, 3.8) is 0 Å². The van der Waals surface area contributed by atoms with Gasteiger partial charge in [0, 0.05) is 13.1 Å². The number of carbonyl (C=O) groups excluding carboxylic acids is 1. The highest BCUT2D eigenvalue weighted by Crippen LogP contribution is 2.11. The Kier molecular flexibility index (Phi) is 2.73. The van der Waals surface area contributed by atoms with Crippen molar-refractivity contribution in [2.45, 2.75) is 26.1 Å². The normalized spacial score (nSPS) is 32.1. The SMILES string of the molecule is C[C@@H]1CN(C(=O)Cl)C[C@H](C)O1. The van der Waals surface area contributed by atoms with Crippen LogP contribution in [0.15, 0.2) is 0 Å². The van der Waals surface area contributed by atoms with Crippen LogP contribution in [0.1, 0.15) is 13.8 Å². The molecule has 0 unspecified atom stereocenters. The maximum Gasteiger partial charge on any atom is 0.316 e. The second kappa shape index (κ2) is 3.41. The molecule has 64 valence electrons. The summed E-state index contributed by atoms with van der Waals surface area (Å²) < 4.78 is 5.41. The van der Waals surface area contributed by atoms with Crippen molar-refractivity contribution in [3.8, 4) is 0 Å². The first-order valence-corrected chi connectivity index (χ1v) is 4.07. The summed E-state index contributed by atoms with van der Waals surface area (Å²) in [5, 5.41) is -0.382. The Morgan fingerprint density at radius 1 is 1.45 bits per heavy atom. The zero-order valence-corrected chi connectivity index (χ0v) is 7.47. The van der Waals surface area contributed by atoms with Gasteiger partial charge in [-0.25, -0.2) is 0 Å². The quantitative estimate of drug-likeness (QED) is 0.414. The molecule has 1 saturated heterocycles. The lowest BCUT2D eigenvalue weighted by molar-refractivity contribution is -0.0517. The molecule has 3 nitrogen and oxygen atoms in total. The highest BCUT2D eigenvalue weighted by molar-refractivity contribution is 6.62. The molecule has 0 aromatic heterocycles. The van der Waals surface area contributed by atoms with Gasteiger partial charge in [-0.1, -0.05) is 0 Å². The predicted octanol–water partition coefficient (Wildman–Crippen LogP) is 1.45. The molecule has 1 fully saturated rings. The lowest BCUT2D eigenvalue weighted by Crippen LogP contribution is -2.46. The van der Waals surface area contributed by atoms with E-state index < -0.39 is 0 Å². The molecule has 0 aromatic rings. The molecule has 4 heteroatoms. The number of morpholine rings is 1. The van der Waals surface area contributed by atoms with Crippen LogP contribution < -0.4 is 0 Å². The molecule has 0 aliphatic carbocycles. The van der Waals surface area contributed by atoms with E-state index in [1.165, 1.54) is 0 Å². The molecule has 0 saturated carbocycles. The highest BCUT2D eigenvalue weighted by Gasteiger charge is 2.24. The average molecular weight is 178 g/mol. The van der Waals surface area contributed by atoms with Crippen LogP contribution in [0.3, 0.4) is 0 Å². The minimum atomic E-state index is -0.382. The fraction of sp³-hybridized carbons (Fsp3) is 0.857. The second-order valence-corrected chi connectivity index (χ2v) is 3.24. The molecular weight excluding hydrogens is 166 g/mol. The van der Waals surface area contributed by atoms with Crippen LogP contribution in [0.2, 0.25) is 0 Å². The van der Waals surface area contributed by atoms with Gasteiger partial charge in [-0.15, -0.1) is 0 Å².